The zero-order valence-electron chi connectivity index (χ0n) is 20.6. The molecule has 0 aliphatic heterocycles. The highest BCUT2D eigenvalue weighted by Gasteiger charge is 2.25. The van der Waals surface area contributed by atoms with Crippen molar-refractivity contribution in [3.63, 3.8) is 0 Å². The van der Waals surface area contributed by atoms with Gasteiger partial charge in [-0.15, -0.1) is 0 Å². The SMILES string of the molecule is CCN(C(=O)c1ccccc1-c1ocnc1C(=O)NCc1ccc(OC(C)C)cc1)c1ccccc1. The molecule has 0 bridgehead atoms. The van der Waals surface area contributed by atoms with Gasteiger partial charge in [-0.2, -0.15) is 0 Å². The third-order valence-electron chi connectivity index (χ3n) is 5.56. The number of hydrogen-bond acceptors (Lipinski definition) is 5. The molecule has 0 radical (unpaired) electrons. The van der Waals surface area contributed by atoms with Crippen LogP contribution in [0.1, 0.15) is 47.2 Å². The predicted octanol–water partition coefficient (Wildman–Crippen LogP) is 5.73. The largest absolute Gasteiger partial charge is 0.491 e. The van der Waals surface area contributed by atoms with Gasteiger partial charge in [-0.3, -0.25) is 9.59 Å². The van der Waals surface area contributed by atoms with Crippen LogP contribution in [0.2, 0.25) is 0 Å². The number of amides is 2. The summed E-state index contributed by atoms with van der Waals surface area (Å²) in [5, 5.41) is 2.88. The highest BCUT2D eigenvalue weighted by Crippen LogP contribution is 2.29. The molecular formula is C29H29N3O4. The lowest BCUT2D eigenvalue weighted by atomic mass is 10.0. The van der Waals surface area contributed by atoms with Crippen LogP contribution in [0.3, 0.4) is 0 Å². The average Bonchev–Trinajstić information content (AvgIpc) is 3.39. The average molecular weight is 484 g/mol. The minimum absolute atomic E-state index is 0.0907. The summed E-state index contributed by atoms with van der Waals surface area (Å²) >= 11 is 0. The van der Waals surface area contributed by atoms with E-state index in [4.69, 9.17) is 9.15 Å². The minimum atomic E-state index is -0.390. The Hall–Kier alpha value is -4.39. The second-order valence-corrected chi connectivity index (χ2v) is 8.45. The van der Waals surface area contributed by atoms with Gasteiger partial charge in [0.2, 0.25) is 0 Å². The Kier molecular flexibility index (Phi) is 7.80. The molecule has 7 nitrogen and oxygen atoms in total. The summed E-state index contributed by atoms with van der Waals surface area (Å²) < 4.78 is 11.3. The monoisotopic (exact) mass is 483 g/mol. The molecule has 0 aliphatic carbocycles. The molecule has 4 rings (SSSR count). The van der Waals surface area contributed by atoms with E-state index in [2.05, 4.69) is 10.3 Å². The smallest absolute Gasteiger partial charge is 0.274 e. The number of anilines is 1. The summed E-state index contributed by atoms with van der Waals surface area (Å²) in [5.41, 5.74) is 2.77. The van der Waals surface area contributed by atoms with Crippen molar-refractivity contribution in [2.24, 2.45) is 0 Å². The van der Waals surface area contributed by atoms with Gasteiger partial charge in [0.1, 0.15) is 5.75 Å². The van der Waals surface area contributed by atoms with Crippen molar-refractivity contribution in [2.75, 3.05) is 11.4 Å². The Morgan fingerprint density at radius 2 is 1.67 bits per heavy atom. The van der Waals surface area contributed by atoms with Crippen LogP contribution in [0.15, 0.2) is 89.7 Å². The van der Waals surface area contributed by atoms with Crippen LogP contribution >= 0.6 is 0 Å². The molecule has 3 aromatic carbocycles. The van der Waals surface area contributed by atoms with Crippen LogP contribution in [0.25, 0.3) is 11.3 Å². The van der Waals surface area contributed by atoms with Gasteiger partial charge in [-0.1, -0.05) is 48.5 Å². The number of aromatic nitrogens is 1. The van der Waals surface area contributed by atoms with Crippen molar-refractivity contribution in [1.82, 2.24) is 10.3 Å². The number of para-hydroxylation sites is 1. The number of carbonyl (C=O) groups is 2. The highest BCUT2D eigenvalue weighted by atomic mass is 16.5. The molecule has 4 aromatic rings. The van der Waals surface area contributed by atoms with E-state index in [1.807, 2.05) is 75.4 Å². The quantitative estimate of drug-likeness (QED) is 0.329. The summed E-state index contributed by atoms with van der Waals surface area (Å²) in [4.78, 5) is 32.4. The molecule has 0 fully saturated rings. The normalized spacial score (nSPS) is 10.8. The number of ether oxygens (including phenoxy) is 1. The fourth-order valence-electron chi connectivity index (χ4n) is 3.89. The maximum absolute atomic E-state index is 13.5. The lowest BCUT2D eigenvalue weighted by Crippen LogP contribution is -2.31. The van der Waals surface area contributed by atoms with E-state index in [1.165, 1.54) is 6.39 Å². The van der Waals surface area contributed by atoms with Crippen LogP contribution < -0.4 is 15.0 Å². The van der Waals surface area contributed by atoms with E-state index in [0.29, 0.717) is 24.2 Å². The van der Waals surface area contributed by atoms with Crippen molar-refractivity contribution < 1.29 is 18.7 Å². The van der Waals surface area contributed by atoms with Gasteiger partial charge in [0, 0.05) is 24.3 Å². The van der Waals surface area contributed by atoms with E-state index in [-0.39, 0.29) is 29.4 Å². The Morgan fingerprint density at radius 1 is 0.972 bits per heavy atom. The maximum atomic E-state index is 13.5. The molecule has 1 N–H and O–H groups in total. The molecule has 0 atom stereocenters. The fourth-order valence-corrected chi connectivity index (χ4v) is 3.89. The lowest BCUT2D eigenvalue weighted by Gasteiger charge is -2.22. The molecule has 0 saturated heterocycles. The summed E-state index contributed by atoms with van der Waals surface area (Å²) in [6.07, 6.45) is 1.31. The van der Waals surface area contributed by atoms with Crippen LogP contribution in [0, 0.1) is 0 Å². The van der Waals surface area contributed by atoms with Gasteiger partial charge in [-0.25, -0.2) is 4.98 Å². The maximum Gasteiger partial charge on any atom is 0.274 e. The van der Waals surface area contributed by atoms with Crippen LogP contribution in [0.5, 0.6) is 5.75 Å². The second-order valence-electron chi connectivity index (χ2n) is 8.45. The van der Waals surface area contributed by atoms with Crippen LogP contribution in [-0.4, -0.2) is 29.4 Å². The van der Waals surface area contributed by atoms with Crippen molar-refractivity contribution in [3.05, 3.63) is 102 Å². The molecular weight excluding hydrogens is 454 g/mol. The van der Waals surface area contributed by atoms with Crippen molar-refractivity contribution in [3.8, 4) is 17.1 Å². The summed E-state index contributed by atoms with van der Waals surface area (Å²) in [6.45, 7) is 6.66. The molecule has 1 aromatic heterocycles. The van der Waals surface area contributed by atoms with Crippen molar-refractivity contribution >= 4 is 17.5 Å². The van der Waals surface area contributed by atoms with E-state index < -0.39 is 0 Å². The fraction of sp³-hybridized carbons (Fsp3) is 0.207. The number of oxazole rings is 1. The molecule has 36 heavy (non-hydrogen) atoms. The number of benzene rings is 3. The first-order valence-corrected chi connectivity index (χ1v) is 11.9. The first-order valence-electron chi connectivity index (χ1n) is 11.9. The molecule has 0 spiro atoms. The third-order valence-corrected chi connectivity index (χ3v) is 5.56. The lowest BCUT2D eigenvalue weighted by molar-refractivity contribution is 0.0944. The molecule has 2 amide bonds. The summed E-state index contributed by atoms with van der Waals surface area (Å²) in [6, 6.07) is 24.1. The minimum Gasteiger partial charge on any atom is -0.491 e. The number of nitrogens with zero attached hydrogens (tertiary/aromatic N) is 2. The third kappa shape index (κ3) is 5.63. The molecule has 7 heteroatoms. The molecule has 0 saturated carbocycles. The van der Waals surface area contributed by atoms with Gasteiger partial charge in [0.05, 0.1) is 11.7 Å². The molecule has 0 unspecified atom stereocenters. The van der Waals surface area contributed by atoms with Crippen molar-refractivity contribution in [1.29, 1.82) is 0 Å². The summed E-state index contributed by atoms with van der Waals surface area (Å²) in [7, 11) is 0. The first kappa shape index (κ1) is 24.7. The molecule has 184 valence electrons. The van der Waals surface area contributed by atoms with E-state index >= 15 is 0 Å². The van der Waals surface area contributed by atoms with Crippen LogP contribution in [0.4, 0.5) is 5.69 Å². The predicted molar refractivity (Wildman–Crippen MR) is 139 cm³/mol. The standard InChI is InChI=1S/C29H29N3O4/c1-4-32(22-10-6-5-7-11-22)29(34)25-13-9-8-12-24(25)27-26(31-19-35-27)28(33)30-18-21-14-16-23(17-15-21)36-20(2)3/h5-17,19-20H,4,18H2,1-3H3,(H,30,33). The first-order chi connectivity index (χ1) is 17.5. The van der Waals surface area contributed by atoms with Gasteiger partial charge in [-0.05, 0) is 56.7 Å². The second kappa shape index (κ2) is 11.4. The Bertz CT molecular complexity index is 1310. The van der Waals surface area contributed by atoms with Crippen LogP contribution in [-0.2, 0) is 6.54 Å². The molecule has 1 heterocycles. The number of nitrogens with one attached hydrogen (secondary N) is 1. The van der Waals surface area contributed by atoms with E-state index in [1.54, 1.807) is 29.2 Å². The van der Waals surface area contributed by atoms with E-state index in [0.717, 1.165) is 17.0 Å². The topological polar surface area (TPSA) is 84.7 Å². The van der Waals surface area contributed by atoms with Crippen molar-refractivity contribution in [2.45, 2.75) is 33.4 Å². The van der Waals surface area contributed by atoms with Gasteiger partial charge in [0.15, 0.2) is 17.8 Å². The zero-order valence-corrected chi connectivity index (χ0v) is 20.6. The van der Waals surface area contributed by atoms with Gasteiger partial charge >= 0.3 is 0 Å². The Balaban J connectivity index is 1.54. The molecule has 0 aliphatic rings. The Labute approximate surface area is 210 Å². The number of rotatable bonds is 9. The van der Waals surface area contributed by atoms with Gasteiger partial charge < -0.3 is 19.4 Å². The zero-order chi connectivity index (χ0) is 25.5. The number of carbonyl (C=O) groups excluding carboxylic acids is 2. The summed E-state index contributed by atoms with van der Waals surface area (Å²) in [5.74, 6) is 0.447. The van der Waals surface area contributed by atoms with Gasteiger partial charge in [0.25, 0.3) is 11.8 Å². The highest BCUT2D eigenvalue weighted by molar-refractivity contribution is 6.11. The number of hydrogen-bond donors (Lipinski definition) is 1. The van der Waals surface area contributed by atoms with E-state index in [9.17, 15) is 9.59 Å². The Morgan fingerprint density at radius 3 is 2.36 bits per heavy atom.